The van der Waals surface area contributed by atoms with E-state index in [0.717, 1.165) is 22.1 Å². The van der Waals surface area contributed by atoms with Crippen LogP contribution in [-0.4, -0.2) is 9.97 Å². The SMILES string of the molecule is CCCCCCCCc1ccc(-c2cc3c4cc(-c5ccc(CCCCCCCC)s5)sc4c4nc5ccccc5nc4c3s2)s1. The van der Waals surface area contributed by atoms with Crippen LogP contribution in [0.3, 0.4) is 0 Å². The summed E-state index contributed by atoms with van der Waals surface area (Å²) in [5, 5.41) is 2.65. The lowest BCUT2D eigenvalue weighted by Crippen LogP contribution is -1.87. The van der Waals surface area contributed by atoms with Gasteiger partial charge in [-0.05, 0) is 74.2 Å². The Bertz CT molecular complexity index is 1910. The van der Waals surface area contributed by atoms with Crippen molar-refractivity contribution in [2.24, 2.45) is 0 Å². The van der Waals surface area contributed by atoms with Crippen LogP contribution in [0.1, 0.15) is 101 Å². The van der Waals surface area contributed by atoms with Gasteiger partial charge in [0, 0.05) is 40.0 Å². The van der Waals surface area contributed by atoms with Gasteiger partial charge in [0.15, 0.2) is 0 Å². The van der Waals surface area contributed by atoms with E-state index >= 15 is 0 Å². The van der Waals surface area contributed by atoms with E-state index in [-0.39, 0.29) is 0 Å². The van der Waals surface area contributed by atoms with Gasteiger partial charge in [-0.3, -0.25) is 0 Å². The summed E-state index contributed by atoms with van der Waals surface area (Å²) >= 11 is 7.74. The fraction of sp³-hybridized carbons (Fsp3) is 0.400. The van der Waals surface area contributed by atoms with Gasteiger partial charge in [0.05, 0.1) is 20.4 Å². The van der Waals surface area contributed by atoms with Crippen LogP contribution in [0.5, 0.6) is 0 Å². The average Bonchev–Trinajstić information content (AvgIpc) is 3.89. The summed E-state index contributed by atoms with van der Waals surface area (Å²) in [7, 11) is 0. The van der Waals surface area contributed by atoms with E-state index in [1.165, 1.54) is 139 Å². The molecule has 0 unspecified atom stereocenters. The normalized spacial score (nSPS) is 12.0. The minimum Gasteiger partial charge on any atom is -0.243 e. The fourth-order valence-electron chi connectivity index (χ4n) is 6.54. The molecule has 0 fully saturated rings. The Hall–Kier alpha value is -2.64. The Morgan fingerprint density at radius 3 is 1.35 bits per heavy atom. The lowest BCUT2D eigenvalue weighted by Gasteiger charge is -2.04. The fourth-order valence-corrected chi connectivity index (χ4v) is 11.1. The largest absolute Gasteiger partial charge is 0.243 e. The molecule has 46 heavy (non-hydrogen) atoms. The van der Waals surface area contributed by atoms with E-state index in [2.05, 4.69) is 74.5 Å². The molecule has 0 spiro atoms. The molecule has 238 valence electrons. The number of nitrogens with zero attached hydrogens (tertiary/aromatic N) is 2. The number of fused-ring (bicyclic) bond motifs is 7. The maximum absolute atomic E-state index is 5.25. The first-order chi connectivity index (χ1) is 22.7. The van der Waals surface area contributed by atoms with Gasteiger partial charge in [-0.25, -0.2) is 9.97 Å². The second-order valence-electron chi connectivity index (χ2n) is 12.7. The molecule has 0 saturated heterocycles. The monoisotopic (exact) mass is 680 g/mol. The Morgan fingerprint density at radius 1 is 0.457 bits per heavy atom. The van der Waals surface area contributed by atoms with E-state index in [4.69, 9.17) is 9.97 Å². The molecule has 0 N–H and O–H groups in total. The highest BCUT2D eigenvalue weighted by Crippen LogP contribution is 2.48. The molecule has 2 nitrogen and oxygen atoms in total. The van der Waals surface area contributed by atoms with Crippen molar-refractivity contribution in [3.8, 4) is 19.5 Å². The van der Waals surface area contributed by atoms with E-state index in [1.807, 2.05) is 45.3 Å². The molecule has 5 aromatic heterocycles. The van der Waals surface area contributed by atoms with Crippen LogP contribution in [0, 0.1) is 0 Å². The molecule has 0 aliphatic rings. The van der Waals surface area contributed by atoms with Crippen LogP contribution in [0.4, 0.5) is 0 Å². The van der Waals surface area contributed by atoms with Crippen LogP contribution in [0.15, 0.2) is 60.7 Å². The second kappa shape index (κ2) is 15.1. The quantitative estimate of drug-likeness (QED) is 0.0750. The zero-order valence-electron chi connectivity index (χ0n) is 27.2. The molecule has 7 rings (SSSR count). The lowest BCUT2D eigenvalue weighted by molar-refractivity contribution is 0.609. The molecular formula is C40H44N2S4. The van der Waals surface area contributed by atoms with Crippen molar-refractivity contribution in [3.05, 3.63) is 70.4 Å². The first kappa shape index (κ1) is 31.9. The lowest BCUT2D eigenvalue weighted by atomic mass is 10.1. The molecule has 7 aromatic rings. The standard InChI is InChI=1S/C40H44N2S4/c1-3-5-7-9-11-13-17-27-21-23-33(43-27)35-25-29-30-26-36(34-24-22-28(44-34)18-14-12-10-8-6-4-2)46-40(30)38-37(39(29)45-35)41-31-19-15-16-20-32(31)42-38/h15-16,19-26H,3-14,17-18H2,1-2H3. The van der Waals surface area contributed by atoms with E-state index < -0.39 is 0 Å². The van der Waals surface area contributed by atoms with E-state index in [9.17, 15) is 0 Å². The molecule has 0 aliphatic carbocycles. The molecule has 0 bridgehead atoms. The van der Waals surface area contributed by atoms with Gasteiger partial charge >= 0.3 is 0 Å². The topological polar surface area (TPSA) is 25.8 Å². The number of hydrogen-bond acceptors (Lipinski definition) is 6. The van der Waals surface area contributed by atoms with Crippen LogP contribution >= 0.6 is 45.3 Å². The number of para-hydroxylation sites is 2. The summed E-state index contributed by atoms with van der Waals surface area (Å²) in [6.07, 6.45) is 18.5. The Balaban J connectivity index is 1.21. The van der Waals surface area contributed by atoms with Crippen LogP contribution < -0.4 is 0 Å². The number of benzene rings is 2. The van der Waals surface area contributed by atoms with Crippen LogP contribution in [0.2, 0.25) is 0 Å². The van der Waals surface area contributed by atoms with E-state index in [0.29, 0.717) is 0 Å². The van der Waals surface area contributed by atoms with Crippen molar-refractivity contribution in [2.75, 3.05) is 0 Å². The molecule has 6 heteroatoms. The Kier molecular flexibility index (Phi) is 10.5. The Morgan fingerprint density at radius 2 is 0.891 bits per heavy atom. The third kappa shape index (κ3) is 6.96. The molecule has 0 amide bonds. The molecule has 0 radical (unpaired) electrons. The highest BCUT2D eigenvalue weighted by Gasteiger charge is 2.20. The van der Waals surface area contributed by atoms with Gasteiger partial charge in [0.25, 0.3) is 0 Å². The predicted octanol–water partition coefficient (Wildman–Crippen LogP) is 14.5. The summed E-state index contributed by atoms with van der Waals surface area (Å²) in [5.41, 5.74) is 4.03. The summed E-state index contributed by atoms with van der Waals surface area (Å²) in [4.78, 5) is 19.0. The third-order valence-corrected chi connectivity index (χ3v) is 14.1. The minimum atomic E-state index is 0.970. The van der Waals surface area contributed by atoms with E-state index in [1.54, 1.807) is 0 Å². The maximum atomic E-state index is 5.25. The zero-order valence-corrected chi connectivity index (χ0v) is 30.5. The number of aromatic nitrogens is 2. The van der Waals surface area contributed by atoms with Crippen molar-refractivity contribution in [1.29, 1.82) is 0 Å². The van der Waals surface area contributed by atoms with Gasteiger partial charge < -0.3 is 0 Å². The second-order valence-corrected chi connectivity index (χ2v) is 17.1. The van der Waals surface area contributed by atoms with Crippen LogP contribution in [-0.2, 0) is 12.8 Å². The summed E-state index contributed by atoms with van der Waals surface area (Å²) in [6.45, 7) is 4.58. The molecule has 0 saturated carbocycles. The minimum absolute atomic E-state index is 0.970. The number of unbranched alkanes of at least 4 members (excludes halogenated alkanes) is 10. The summed E-state index contributed by atoms with van der Waals surface area (Å²) in [6, 6.07) is 22.6. The van der Waals surface area contributed by atoms with Crippen molar-refractivity contribution in [1.82, 2.24) is 9.97 Å². The Labute approximate surface area is 289 Å². The number of rotatable bonds is 16. The first-order valence-corrected chi connectivity index (χ1v) is 20.7. The molecule has 2 aromatic carbocycles. The summed E-state index contributed by atoms with van der Waals surface area (Å²) in [5.74, 6) is 0. The third-order valence-electron chi connectivity index (χ3n) is 9.12. The number of hydrogen-bond donors (Lipinski definition) is 0. The van der Waals surface area contributed by atoms with Crippen LogP contribution in [0.25, 0.3) is 61.7 Å². The molecule has 5 heterocycles. The van der Waals surface area contributed by atoms with Crippen molar-refractivity contribution in [3.63, 3.8) is 0 Å². The number of aryl methyl sites for hydroxylation is 2. The van der Waals surface area contributed by atoms with Crippen molar-refractivity contribution in [2.45, 2.75) is 104 Å². The van der Waals surface area contributed by atoms with Gasteiger partial charge in [-0.15, -0.1) is 45.3 Å². The first-order valence-electron chi connectivity index (χ1n) is 17.5. The van der Waals surface area contributed by atoms with Crippen molar-refractivity contribution >= 4 is 87.6 Å². The highest BCUT2D eigenvalue weighted by molar-refractivity contribution is 7.28. The maximum Gasteiger partial charge on any atom is 0.109 e. The van der Waals surface area contributed by atoms with Gasteiger partial charge in [0.1, 0.15) is 11.0 Å². The smallest absolute Gasteiger partial charge is 0.109 e. The zero-order chi connectivity index (χ0) is 31.3. The van der Waals surface area contributed by atoms with Gasteiger partial charge in [-0.2, -0.15) is 0 Å². The van der Waals surface area contributed by atoms with Crippen molar-refractivity contribution < 1.29 is 0 Å². The van der Waals surface area contributed by atoms with Gasteiger partial charge in [-0.1, -0.05) is 90.2 Å². The number of thiophene rings is 4. The predicted molar refractivity (Wildman–Crippen MR) is 209 cm³/mol. The average molecular weight is 681 g/mol. The highest BCUT2D eigenvalue weighted by atomic mass is 32.1. The summed E-state index contributed by atoms with van der Waals surface area (Å²) < 4.78 is 2.53. The molecule has 0 aliphatic heterocycles. The van der Waals surface area contributed by atoms with Gasteiger partial charge in [0.2, 0.25) is 0 Å². The molecular weight excluding hydrogens is 637 g/mol. The molecule has 0 atom stereocenters.